The highest BCUT2D eigenvalue weighted by molar-refractivity contribution is 6.35. The van der Waals surface area contributed by atoms with Gasteiger partial charge in [0.1, 0.15) is 24.7 Å². The first kappa shape index (κ1) is 30.1. The Morgan fingerprint density at radius 2 is 1.84 bits per heavy atom. The van der Waals surface area contributed by atoms with Gasteiger partial charge >= 0.3 is 6.09 Å². The Balaban J connectivity index is 1.50. The van der Waals surface area contributed by atoms with Gasteiger partial charge in [-0.15, -0.1) is 0 Å². The van der Waals surface area contributed by atoms with Crippen LogP contribution in [0.3, 0.4) is 0 Å². The fourth-order valence-corrected chi connectivity index (χ4v) is 5.11. The van der Waals surface area contributed by atoms with Gasteiger partial charge in [0.25, 0.3) is 0 Å². The predicted molar refractivity (Wildman–Crippen MR) is 153 cm³/mol. The van der Waals surface area contributed by atoms with E-state index in [0.717, 1.165) is 68.6 Å². The molecule has 1 fully saturated rings. The average Bonchev–Trinajstić information content (AvgIpc) is 2.90. The van der Waals surface area contributed by atoms with Crippen molar-refractivity contribution >= 4 is 35.0 Å². The van der Waals surface area contributed by atoms with E-state index in [1.807, 2.05) is 30.3 Å². The number of halogens is 2. The standard InChI is InChI=1S/C29H39Cl2N3O4/c1-3-4-5-6-7-25(38-29(32)35)19-34-16-14-21(15-17-34)20-37-24-12-13-26(27(31)18-24)28(33-36-2)22-8-10-23(30)11-9-22/h8-13,18,21,25H,3-7,14-17,19-20H2,1-2H3,(H2,32,35)/b33-28+/t25-/m0/s1. The van der Waals surface area contributed by atoms with Crippen molar-refractivity contribution in [2.24, 2.45) is 16.8 Å². The van der Waals surface area contributed by atoms with E-state index in [-0.39, 0.29) is 6.10 Å². The van der Waals surface area contributed by atoms with Crippen LogP contribution in [-0.4, -0.2) is 56.2 Å². The topological polar surface area (TPSA) is 86.4 Å². The number of nitrogens with two attached hydrogens (primary N) is 1. The number of oxime groups is 1. The third-order valence-electron chi connectivity index (χ3n) is 6.81. The number of primary amides is 1. The molecule has 1 amide bonds. The molecule has 2 N–H and O–H groups in total. The number of hydrogen-bond donors (Lipinski definition) is 1. The molecule has 0 aliphatic carbocycles. The lowest BCUT2D eigenvalue weighted by Crippen LogP contribution is -2.41. The van der Waals surface area contributed by atoms with Crippen molar-refractivity contribution in [2.45, 2.75) is 58.0 Å². The number of carbonyl (C=O) groups is 1. The van der Waals surface area contributed by atoms with Crippen LogP contribution in [0.25, 0.3) is 0 Å². The van der Waals surface area contributed by atoms with Crippen molar-refractivity contribution in [3.05, 3.63) is 63.6 Å². The molecule has 9 heteroatoms. The molecular formula is C29H39Cl2N3O4. The van der Waals surface area contributed by atoms with Crippen LogP contribution in [0.4, 0.5) is 4.79 Å². The lowest BCUT2D eigenvalue weighted by Gasteiger charge is -2.33. The van der Waals surface area contributed by atoms with E-state index in [1.165, 1.54) is 20.0 Å². The predicted octanol–water partition coefficient (Wildman–Crippen LogP) is 6.92. The van der Waals surface area contributed by atoms with Gasteiger partial charge in [-0.3, -0.25) is 4.90 Å². The second kappa shape index (κ2) is 15.8. The summed E-state index contributed by atoms with van der Waals surface area (Å²) in [4.78, 5) is 18.8. The lowest BCUT2D eigenvalue weighted by atomic mass is 9.97. The molecule has 7 nitrogen and oxygen atoms in total. The van der Waals surface area contributed by atoms with Gasteiger partial charge in [0.2, 0.25) is 0 Å². The van der Waals surface area contributed by atoms with Crippen molar-refractivity contribution in [1.82, 2.24) is 4.90 Å². The number of carbonyl (C=O) groups excluding carboxylic acids is 1. The Labute approximate surface area is 236 Å². The SMILES string of the molecule is CCCCCC[C@@H](CN1CCC(COc2ccc(/C(=N/OC)c3ccc(Cl)cc3)c(Cl)c2)CC1)OC(N)=O. The number of likely N-dealkylation sites (tertiary alicyclic amines) is 1. The summed E-state index contributed by atoms with van der Waals surface area (Å²) in [6.45, 7) is 5.43. The van der Waals surface area contributed by atoms with Crippen molar-refractivity contribution in [3.63, 3.8) is 0 Å². The van der Waals surface area contributed by atoms with Crippen LogP contribution in [0.15, 0.2) is 47.6 Å². The van der Waals surface area contributed by atoms with Gasteiger partial charge in [-0.2, -0.15) is 0 Å². The molecule has 208 valence electrons. The summed E-state index contributed by atoms with van der Waals surface area (Å²) in [6.07, 6.45) is 6.66. The molecule has 0 unspecified atom stereocenters. The molecule has 0 aromatic heterocycles. The summed E-state index contributed by atoms with van der Waals surface area (Å²) in [5, 5.41) is 5.36. The van der Waals surface area contributed by atoms with Gasteiger partial charge in [-0.05, 0) is 75.0 Å². The normalized spacial score (nSPS) is 15.7. The summed E-state index contributed by atoms with van der Waals surface area (Å²) in [5.41, 5.74) is 7.53. The molecule has 1 atom stereocenters. The monoisotopic (exact) mass is 563 g/mol. The summed E-state index contributed by atoms with van der Waals surface area (Å²) >= 11 is 12.7. The van der Waals surface area contributed by atoms with Crippen LogP contribution < -0.4 is 10.5 Å². The molecule has 0 radical (unpaired) electrons. The fourth-order valence-electron chi connectivity index (χ4n) is 4.72. The van der Waals surface area contributed by atoms with E-state index in [2.05, 4.69) is 17.0 Å². The van der Waals surface area contributed by atoms with Gasteiger partial charge in [0, 0.05) is 22.7 Å². The Kier molecular flexibility index (Phi) is 12.5. The number of piperidine rings is 1. The highest BCUT2D eigenvalue weighted by Gasteiger charge is 2.24. The molecule has 3 rings (SSSR count). The van der Waals surface area contributed by atoms with Gasteiger partial charge in [-0.1, -0.05) is 66.7 Å². The molecule has 1 aliphatic heterocycles. The van der Waals surface area contributed by atoms with Gasteiger partial charge in [0.15, 0.2) is 0 Å². The van der Waals surface area contributed by atoms with E-state index >= 15 is 0 Å². The first-order valence-corrected chi connectivity index (χ1v) is 14.1. The second-order valence-electron chi connectivity index (χ2n) is 9.73. The van der Waals surface area contributed by atoms with Crippen molar-refractivity contribution in [2.75, 3.05) is 33.4 Å². The number of ether oxygens (including phenoxy) is 2. The van der Waals surface area contributed by atoms with Crippen molar-refractivity contribution in [1.29, 1.82) is 0 Å². The van der Waals surface area contributed by atoms with E-state index in [9.17, 15) is 4.79 Å². The zero-order chi connectivity index (χ0) is 27.3. The Morgan fingerprint density at radius 1 is 1.11 bits per heavy atom. The van der Waals surface area contributed by atoms with Crippen molar-refractivity contribution < 1.29 is 19.1 Å². The van der Waals surface area contributed by atoms with E-state index in [4.69, 9.17) is 43.2 Å². The molecule has 1 heterocycles. The van der Waals surface area contributed by atoms with Gasteiger partial charge in [-0.25, -0.2) is 4.79 Å². The maximum Gasteiger partial charge on any atom is 0.404 e. The summed E-state index contributed by atoms with van der Waals surface area (Å²) in [6, 6.07) is 13.0. The molecule has 2 aromatic rings. The molecule has 1 saturated heterocycles. The number of nitrogens with zero attached hydrogens (tertiary/aromatic N) is 2. The number of benzene rings is 2. The number of unbranched alkanes of at least 4 members (excludes halogenated alkanes) is 3. The summed E-state index contributed by atoms with van der Waals surface area (Å²) in [7, 11) is 1.51. The third-order valence-corrected chi connectivity index (χ3v) is 7.38. The van der Waals surface area contributed by atoms with Crippen molar-refractivity contribution in [3.8, 4) is 5.75 Å². The van der Waals surface area contributed by atoms with Crippen LogP contribution in [0, 0.1) is 5.92 Å². The van der Waals surface area contributed by atoms with Crippen LogP contribution in [0.2, 0.25) is 10.0 Å². The van der Waals surface area contributed by atoms with E-state index in [0.29, 0.717) is 28.3 Å². The Bertz CT molecular complexity index is 1040. The molecule has 2 aromatic carbocycles. The van der Waals surface area contributed by atoms with Crippen LogP contribution in [-0.2, 0) is 9.57 Å². The maximum atomic E-state index is 11.3. The minimum Gasteiger partial charge on any atom is -0.493 e. The largest absolute Gasteiger partial charge is 0.493 e. The molecule has 38 heavy (non-hydrogen) atoms. The average molecular weight is 565 g/mol. The van der Waals surface area contributed by atoms with Gasteiger partial charge < -0.3 is 20.0 Å². The summed E-state index contributed by atoms with van der Waals surface area (Å²) < 4.78 is 11.5. The highest BCUT2D eigenvalue weighted by Crippen LogP contribution is 2.27. The molecule has 0 bridgehead atoms. The zero-order valence-electron chi connectivity index (χ0n) is 22.3. The lowest BCUT2D eigenvalue weighted by molar-refractivity contribution is 0.0537. The van der Waals surface area contributed by atoms with E-state index < -0.39 is 6.09 Å². The van der Waals surface area contributed by atoms with E-state index in [1.54, 1.807) is 12.1 Å². The fraction of sp³-hybridized carbons (Fsp3) is 0.517. The molecule has 0 spiro atoms. The second-order valence-corrected chi connectivity index (χ2v) is 10.6. The first-order chi connectivity index (χ1) is 18.4. The summed E-state index contributed by atoms with van der Waals surface area (Å²) in [5.74, 6) is 1.17. The molecule has 0 saturated carbocycles. The van der Waals surface area contributed by atoms with Crippen LogP contribution >= 0.6 is 23.2 Å². The first-order valence-electron chi connectivity index (χ1n) is 13.4. The zero-order valence-corrected chi connectivity index (χ0v) is 23.8. The highest BCUT2D eigenvalue weighted by atomic mass is 35.5. The molecular weight excluding hydrogens is 525 g/mol. The minimum atomic E-state index is -0.688. The van der Waals surface area contributed by atoms with Gasteiger partial charge in [0.05, 0.1) is 11.6 Å². The van der Waals surface area contributed by atoms with Crippen LogP contribution in [0.5, 0.6) is 5.75 Å². The molecule has 1 aliphatic rings. The quantitative estimate of drug-likeness (QED) is 0.153. The number of hydrogen-bond acceptors (Lipinski definition) is 6. The smallest absolute Gasteiger partial charge is 0.404 e. The maximum absolute atomic E-state index is 11.3. The Hall–Kier alpha value is -2.48. The Morgan fingerprint density at radius 3 is 2.47 bits per heavy atom. The number of rotatable bonds is 14. The minimum absolute atomic E-state index is 0.141. The number of amides is 1. The third kappa shape index (κ3) is 9.68. The van der Waals surface area contributed by atoms with Crippen LogP contribution in [0.1, 0.15) is 63.0 Å².